The van der Waals surface area contributed by atoms with Crippen molar-refractivity contribution in [3.05, 3.63) is 47.0 Å². The van der Waals surface area contributed by atoms with Crippen LogP contribution in [0.1, 0.15) is 5.69 Å². The van der Waals surface area contributed by atoms with E-state index in [0.717, 1.165) is 22.4 Å². The van der Waals surface area contributed by atoms with Crippen LogP contribution in [0.3, 0.4) is 0 Å². The van der Waals surface area contributed by atoms with Gasteiger partial charge in [-0.15, -0.1) is 0 Å². The quantitative estimate of drug-likeness (QED) is 0.925. The van der Waals surface area contributed by atoms with Gasteiger partial charge in [-0.25, -0.2) is 4.98 Å². The van der Waals surface area contributed by atoms with Gasteiger partial charge in [0.15, 0.2) is 0 Å². The predicted octanol–water partition coefficient (Wildman–Crippen LogP) is 2.79. The molecule has 0 aliphatic rings. The minimum Gasteiger partial charge on any atom is -0.378 e. The number of hydrogen-bond donors (Lipinski definition) is 1. The smallest absolute Gasteiger partial charge is 0.0946 e. The molecule has 0 fully saturated rings. The first-order valence-electron chi connectivity index (χ1n) is 4.71. The lowest BCUT2D eigenvalue weighted by molar-refractivity contribution is 0.837. The van der Waals surface area contributed by atoms with E-state index in [1.54, 1.807) is 6.33 Å². The first-order valence-corrected chi connectivity index (χ1v) is 5.50. The van der Waals surface area contributed by atoms with Crippen LogP contribution in [0, 0.1) is 0 Å². The van der Waals surface area contributed by atoms with Crippen molar-refractivity contribution in [1.82, 2.24) is 9.55 Å². The fraction of sp³-hybridized carbons (Fsp3) is 0.182. The van der Waals surface area contributed by atoms with Crippen LogP contribution < -0.4 is 5.32 Å². The summed E-state index contributed by atoms with van der Waals surface area (Å²) >= 11 is 3.49. The summed E-state index contributed by atoms with van der Waals surface area (Å²) < 4.78 is 3.08. The van der Waals surface area contributed by atoms with Crippen LogP contribution in [0.5, 0.6) is 0 Å². The second kappa shape index (κ2) is 4.49. The van der Waals surface area contributed by atoms with E-state index in [4.69, 9.17) is 0 Å². The molecule has 15 heavy (non-hydrogen) atoms. The molecular formula is C11H12BrN3. The van der Waals surface area contributed by atoms with Crippen LogP contribution in [-0.2, 0) is 13.6 Å². The monoisotopic (exact) mass is 265 g/mol. The van der Waals surface area contributed by atoms with Gasteiger partial charge >= 0.3 is 0 Å². The zero-order chi connectivity index (χ0) is 10.7. The van der Waals surface area contributed by atoms with Crippen LogP contribution in [0.4, 0.5) is 5.69 Å². The Morgan fingerprint density at radius 3 is 2.87 bits per heavy atom. The summed E-state index contributed by atoms with van der Waals surface area (Å²) in [6.45, 7) is 0.777. The van der Waals surface area contributed by atoms with Crippen LogP contribution in [0.2, 0.25) is 0 Å². The number of nitrogens with zero attached hydrogens (tertiary/aromatic N) is 2. The summed E-state index contributed by atoms with van der Waals surface area (Å²) in [6.07, 6.45) is 3.67. The summed E-state index contributed by atoms with van der Waals surface area (Å²) in [4.78, 5) is 4.07. The Morgan fingerprint density at radius 2 is 2.20 bits per heavy atom. The number of hydrogen-bond acceptors (Lipinski definition) is 2. The molecule has 0 atom stereocenters. The zero-order valence-corrected chi connectivity index (χ0v) is 10.0. The van der Waals surface area contributed by atoms with E-state index in [1.807, 2.05) is 42.1 Å². The molecule has 2 aromatic rings. The Balaban J connectivity index is 2.06. The summed E-state index contributed by atoms with van der Waals surface area (Å²) in [5, 5.41) is 3.35. The van der Waals surface area contributed by atoms with Gasteiger partial charge in [-0.3, -0.25) is 0 Å². The van der Waals surface area contributed by atoms with Gasteiger partial charge in [0.1, 0.15) is 0 Å². The third-order valence-corrected chi connectivity index (χ3v) is 2.94. The number of halogens is 1. The summed E-state index contributed by atoms with van der Waals surface area (Å²) in [6, 6.07) is 8.07. The molecule has 1 aromatic heterocycles. The fourth-order valence-electron chi connectivity index (χ4n) is 1.35. The highest BCUT2D eigenvalue weighted by atomic mass is 79.9. The second-order valence-electron chi connectivity index (χ2n) is 3.33. The SMILES string of the molecule is Cn1cncc1CNc1ccccc1Br. The first kappa shape index (κ1) is 10.2. The molecule has 78 valence electrons. The van der Waals surface area contributed by atoms with Gasteiger partial charge in [-0.1, -0.05) is 12.1 Å². The van der Waals surface area contributed by atoms with Crippen molar-refractivity contribution in [2.75, 3.05) is 5.32 Å². The van der Waals surface area contributed by atoms with Crippen LogP contribution in [-0.4, -0.2) is 9.55 Å². The topological polar surface area (TPSA) is 29.9 Å². The Bertz CT molecular complexity index is 451. The molecule has 0 bridgehead atoms. The minimum atomic E-state index is 0.777. The van der Waals surface area contributed by atoms with Crippen LogP contribution >= 0.6 is 15.9 Å². The van der Waals surface area contributed by atoms with Crippen molar-refractivity contribution < 1.29 is 0 Å². The van der Waals surface area contributed by atoms with Crippen LogP contribution in [0.25, 0.3) is 0 Å². The van der Waals surface area contributed by atoms with Gasteiger partial charge in [0.05, 0.1) is 18.6 Å². The number of aromatic nitrogens is 2. The van der Waals surface area contributed by atoms with Crippen molar-refractivity contribution in [3.8, 4) is 0 Å². The van der Waals surface area contributed by atoms with E-state index in [0.29, 0.717) is 0 Å². The first-order chi connectivity index (χ1) is 7.27. The maximum absolute atomic E-state index is 4.07. The van der Waals surface area contributed by atoms with Crippen molar-refractivity contribution in [3.63, 3.8) is 0 Å². The Hall–Kier alpha value is -1.29. The van der Waals surface area contributed by atoms with Gasteiger partial charge in [0.25, 0.3) is 0 Å². The second-order valence-corrected chi connectivity index (χ2v) is 4.18. The molecule has 0 unspecified atom stereocenters. The van der Waals surface area contributed by atoms with Gasteiger partial charge in [-0.05, 0) is 28.1 Å². The van der Waals surface area contributed by atoms with Crippen LogP contribution in [0.15, 0.2) is 41.3 Å². The van der Waals surface area contributed by atoms with E-state index in [9.17, 15) is 0 Å². The molecule has 3 nitrogen and oxygen atoms in total. The van der Waals surface area contributed by atoms with Gasteiger partial charge in [-0.2, -0.15) is 0 Å². The Kier molecular flexibility index (Phi) is 3.06. The molecule has 1 aromatic carbocycles. The molecule has 1 heterocycles. The van der Waals surface area contributed by atoms with Gasteiger partial charge < -0.3 is 9.88 Å². The Morgan fingerprint density at radius 1 is 1.40 bits per heavy atom. The highest BCUT2D eigenvalue weighted by Crippen LogP contribution is 2.21. The molecule has 1 N–H and O–H groups in total. The molecular weight excluding hydrogens is 254 g/mol. The molecule has 0 saturated heterocycles. The third kappa shape index (κ3) is 2.39. The molecule has 2 rings (SSSR count). The molecule has 0 aliphatic carbocycles. The van der Waals surface area contributed by atoms with E-state index < -0.39 is 0 Å². The van der Waals surface area contributed by atoms with Crippen molar-refractivity contribution in [2.24, 2.45) is 7.05 Å². The molecule has 0 saturated carbocycles. The Labute approximate surface area is 97.3 Å². The number of aryl methyl sites for hydroxylation is 1. The summed E-state index contributed by atoms with van der Waals surface area (Å²) in [7, 11) is 1.99. The average molecular weight is 266 g/mol. The van der Waals surface area contributed by atoms with Gasteiger partial charge in [0.2, 0.25) is 0 Å². The largest absolute Gasteiger partial charge is 0.378 e. The third-order valence-electron chi connectivity index (χ3n) is 2.25. The van der Waals surface area contributed by atoms with Gasteiger partial charge in [0, 0.05) is 23.4 Å². The van der Waals surface area contributed by atoms with Crippen molar-refractivity contribution in [2.45, 2.75) is 6.54 Å². The summed E-state index contributed by atoms with van der Waals surface area (Å²) in [5.74, 6) is 0. The number of benzene rings is 1. The highest BCUT2D eigenvalue weighted by molar-refractivity contribution is 9.10. The van der Waals surface area contributed by atoms with E-state index >= 15 is 0 Å². The minimum absolute atomic E-state index is 0.777. The number of para-hydroxylation sites is 1. The summed E-state index contributed by atoms with van der Waals surface area (Å²) in [5.41, 5.74) is 2.25. The fourth-order valence-corrected chi connectivity index (χ4v) is 1.77. The molecule has 0 spiro atoms. The molecule has 4 heteroatoms. The molecule has 0 aliphatic heterocycles. The number of imidazole rings is 1. The normalized spacial score (nSPS) is 10.3. The lowest BCUT2D eigenvalue weighted by Crippen LogP contribution is -2.04. The number of rotatable bonds is 3. The number of anilines is 1. The maximum atomic E-state index is 4.07. The van der Waals surface area contributed by atoms with E-state index in [1.165, 1.54) is 0 Å². The van der Waals surface area contributed by atoms with Crippen molar-refractivity contribution >= 4 is 21.6 Å². The maximum Gasteiger partial charge on any atom is 0.0946 e. The van der Waals surface area contributed by atoms with Crippen molar-refractivity contribution in [1.29, 1.82) is 0 Å². The average Bonchev–Trinajstić information content (AvgIpc) is 2.63. The predicted molar refractivity (Wildman–Crippen MR) is 64.7 cm³/mol. The standard InChI is InChI=1S/C11H12BrN3/c1-15-8-13-6-9(15)7-14-11-5-3-2-4-10(11)12/h2-6,8,14H,7H2,1H3. The zero-order valence-electron chi connectivity index (χ0n) is 8.44. The van der Waals surface area contributed by atoms with E-state index in [2.05, 4.69) is 26.2 Å². The lowest BCUT2D eigenvalue weighted by Gasteiger charge is -2.08. The lowest BCUT2D eigenvalue weighted by atomic mass is 10.3. The number of nitrogens with one attached hydrogen (secondary N) is 1. The molecule has 0 radical (unpaired) electrons. The highest BCUT2D eigenvalue weighted by Gasteiger charge is 2.00. The van der Waals surface area contributed by atoms with E-state index in [-0.39, 0.29) is 0 Å². The molecule has 0 amide bonds.